The monoisotopic (exact) mass is 444 g/mol. The van der Waals surface area contributed by atoms with E-state index in [-0.39, 0.29) is 18.0 Å². The summed E-state index contributed by atoms with van der Waals surface area (Å²) in [6.07, 6.45) is 0. The Balaban J connectivity index is 1.50. The molecule has 7 heteroatoms. The van der Waals surface area contributed by atoms with Crippen molar-refractivity contribution in [1.82, 2.24) is 20.1 Å². The Labute approximate surface area is 190 Å². The standard InChI is InChI=1S/C25H24N4O2S/c1-17-24(32-18(2)27-17)21-13-14-22(30)29(28-21)16-15-26-25(31)23(19-9-5-3-6-10-19)20-11-7-4-8-12-20/h3-14,23H,15-16H2,1-2H3,(H,26,31). The summed E-state index contributed by atoms with van der Waals surface area (Å²) in [5.41, 5.74) is 3.25. The van der Waals surface area contributed by atoms with Gasteiger partial charge < -0.3 is 5.32 Å². The van der Waals surface area contributed by atoms with E-state index in [1.165, 1.54) is 10.7 Å². The van der Waals surface area contributed by atoms with Gasteiger partial charge in [0, 0.05) is 12.6 Å². The van der Waals surface area contributed by atoms with Crippen LogP contribution in [-0.2, 0) is 11.3 Å². The lowest BCUT2D eigenvalue weighted by molar-refractivity contribution is -0.121. The van der Waals surface area contributed by atoms with Gasteiger partial charge in [-0.3, -0.25) is 9.59 Å². The Morgan fingerprint density at radius 3 is 2.16 bits per heavy atom. The summed E-state index contributed by atoms with van der Waals surface area (Å²) in [7, 11) is 0. The topological polar surface area (TPSA) is 76.9 Å². The molecule has 4 rings (SSSR count). The number of amides is 1. The molecule has 0 aliphatic heterocycles. The second kappa shape index (κ2) is 9.70. The van der Waals surface area contributed by atoms with E-state index < -0.39 is 5.92 Å². The van der Waals surface area contributed by atoms with Crippen LogP contribution in [0.5, 0.6) is 0 Å². The molecule has 0 spiro atoms. The summed E-state index contributed by atoms with van der Waals surface area (Å²) in [6.45, 7) is 4.46. The van der Waals surface area contributed by atoms with Gasteiger partial charge in [0.25, 0.3) is 5.56 Å². The highest BCUT2D eigenvalue weighted by atomic mass is 32.1. The molecule has 0 radical (unpaired) electrons. The van der Waals surface area contributed by atoms with E-state index in [0.717, 1.165) is 26.7 Å². The highest BCUT2D eigenvalue weighted by Gasteiger charge is 2.22. The third-order valence-electron chi connectivity index (χ3n) is 5.15. The van der Waals surface area contributed by atoms with Gasteiger partial charge in [0.05, 0.1) is 28.0 Å². The molecule has 0 saturated carbocycles. The zero-order valence-corrected chi connectivity index (χ0v) is 18.8. The van der Waals surface area contributed by atoms with Crippen LogP contribution in [0.25, 0.3) is 10.6 Å². The molecule has 0 saturated heterocycles. The van der Waals surface area contributed by atoms with Crippen LogP contribution in [0.2, 0.25) is 0 Å². The Bertz CT molecular complexity index is 1230. The second-order valence-electron chi connectivity index (χ2n) is 7.47. The number of carbonyl (C=O) groups excluding carboxylic acids is 1. The fraction of sp³-hybridized carbons (Fsp3) is 0.200. The smallest absolute Gasteiger partial charge is 0.266 e. The first-order valence-electron chi connectivity index (χ1n) is 10.4. The number of thiazole rings is 1. The van der Waals surface area contributed by atoms with Gasteiger partial charge in [-0.1, -0.05) is 60.7 Å². The number of rotatable bonds is 7. The Morgan fingerprint density at radius 2 is 1.59 bits per heavy atom. The normalized spacial score (nSPS) is 11.0. The van der Waals surface area contributed by atoms with Crippen LogP contribution in [-0.4, -0.2) is 27.2 Å². The van der Waals surface area contributed by atoms with Gasteiger partial charge in [-0.05, 0) is 31.0 Å². The van der Waals surface area contributed by atoms with E-state index in [9.17, 15) is 9.59 Å². The quantitative estimate of drug-likeness (QED) is 0.469. The number of hydrogen-bond donors (Lipinski definition) is 1. The molecule has 162 valence electrons. The molecule has 0 atom stereocenters. The van der Waals surface area contributed by atoms with Crippen molar-refractivity contribution in [2.45, 2.75) is 26.3 Å². The molecule has 0 aliphatic rings. The van der Waals surface area contributed by atoms with Gasteiger partial charge in [-0.2, -0.15) is 5.10 Å². The van der Waals surface area contributed by atoms with E-state index in [1.807, 2.05) is 74.5 Å². The van der Waals surface area contributed by atoms with Crippen molar-refractivity contribution >= 4 is 17.2 Å². The summed E-state index contributed by atoms with van der Waals surface area (Å²) in [5, 5.41) is 8.44. The largest absolute Gasteiger partial charge is 0.353 e. The first kappa shape index (κ1) is 21.6. The van der Waals surface area contributed by atoms with Gasteiger partial charge in [-0.25, -0.2) is 9.67 Å². The van der Waals surface area contributed by atoms with E-state index in [4.69, 9.17) is 0 Å². The predicted octanol–water partition coefficient (Wildman–Crippen LogP) is 3.93. The minimum absolute atomic E-state index is 0.111. The molecule has 2 aromatic heterocycles. The van der Waals surface area contributed by atoms with E-state index in [0.29, 0.717) is 12.2 Å². The molecule has 32 heavy (non-hydrogen) atoms. The fourth-order valence-electron chi connectivity index (χ4n) is 3.67. The van der Waals surface area contributed by atoms with Gasteiger partial charge >= 0.3 is 0 Å². The Hall–Kier alpha value is -3.58. The van der Waals surface area contributed by atoms with Crippen LogP contribution in [0.15, 0.2) is 77.6 Å². The molecule has 2 aromatic carbocycles. The number of aryl methyl sites for hydroxylation is 2. The maximum Gasteiger partial charge on any atom is 0.266 e. The number of aromatic nitrogens is 3. The molecule has 0 aliphatic carbocycles. The van der Waals surface area contributed by atoms with E-state index in [1.54, 1.807) is 17.4 Å². The molecule has 0 unspecified atom stereocenters. The van der Waals surface area contributed by atoms with Crippen LogP contribution < -0.4 is 10.9 Å². The number of benzene rings is 2. The highest BCUT2D eigenvalue weighted by molar-refractivity contribution is 7.15. The number of hydrogen-bond acceptors (Lipinski definition) is 5. The summed E-state index contributed by atoms with van der Waals surface area (Å²) < 4.78 is 1.39. The molecule has 1 N–H and O–H groups in total. The summed E-state index contributed by atoms with van der Waals surface area (Å²) in [5.74, 6) is -0.531. The Morgan fingerprint density at radius 1 is 0.969 bits per heavy atom. The zero-order valence-electron chi connectivity index (χ0n) is 18.0. The van der Waals surface area contributed by atoms with Crippen molar-refractivity contribution < 1.29 is 4.79 Å². The van der Waals surface area contributed by atoms with Gasteiger partial charge in [0.2, 0.25) is 5.91 Å². The summed E-state index contributed by atoms with van der Waals surface area (Å²) in [6, 6.07) is 22.6. The second-order valence-corrected chi connectivity index (χ2v) is 8.68. The molecule has 1 amide bonds. The first-order valence-corrected chi connectivity index (χ1v) is 11.2. The van der Waals surface area contributed by atoms with Crippen molar-refractivity contribution in [2.24, 2.45) is 0 Å². The highest BCUT2D eigenvalue weighted by Crippen LogP contribution is 2.27. The van der Waals surface area contributed by atoms with Crippen LogP contribution in [0.3, 0.4) is 0 Å². The molecular weight excluding hydrogens is 420 g/mol. The first-order chi connectivity index (χ1) is 15.5. The predicted molar refractivity (Wildman–Crippen MR) is 127 cm³/mol. The average Bonchev–Trinajstić information content (AvgIpc) is 3.14. The van der Waals surface area contributed by atoms with Crippen molar-refractivity contribution in [3.05, 3.63) is 105 Å². The molecule has 0 fully saturated rings. The van der Waals surface area contributed by atoms with Crippen molar-refractivity contribution in [3.63, 3.8) is 0 Å². The van der Waals surface area contributed by atoms with Crippen molar-refractivity contribution in [2.75, 3.05) is 6.54 Å². The average molecular weight is 445 g/mol. The third-order valence-corrected chi connectivity index (χ3v) is 6.25. The number of nitrogens with zero attached hydrogens (tertiary/aromatic N) is 3. The van der Waals surface area contributed by atoms with Crippen molar-refractivity contribution in [1.29, 1.82) is 0 Å². The maximum atomic E-state index is 13.1. The minimum Gasteiger partial charge on any atom is -0.353 e. The Kier molecular flexibility index (Phi) is 6.56. The van der Waals surface area contributed by atoms with E-state index in [2.05, 4.69) is 15.4 Å². The van der Waals surface area contributed by atoms with Crippen LogP contribution in [0.4, 0.5) is 0 Å². The lowest BCUT2D eigenvalue weighted by Gasteiger charge is -2.18. The lowest BCUT2D eigenvalue weighted by Crippen LogP contribution is -2.35. The van der Waals surface area contributed by atoms with Crippen LogP contribution in [0.1, 0.15) is 27.7 Å². The summed E-state index contributed by atoms with van der Waals surface area (Å²) >= 11 is 1.55. The molecule has 6 nitrogen and oxygen atoms in total. The van der Waals surface area contributed by atoms with E-state index >= 15 is 0 Å². The maximum absolute atomic E-state index is 13.1. The van der Waals surface area contributed by atoms with Crippen LogP contribution in [0, 0.1) is 13.8 Å². The lowest BCUT2D eigenvalue weighted by atomic mass is 9.90. The molecular formula is C25H24N4O2S. The summed E-state index contributed by atoms with van der Waals surface area (Å²) in [4.78, 5) is 30.8. The van der Waals surface area contributed by atoms with Gasteiger partial charge in [0.15, 0.2) is 0 Å². The molecule has 4 aromatic rings. The zero-order chi connectivity index (χ0) is 22.5. The fourth-order valence-corrected chi connectivity index (χ4v) is 4.56. The van der Waals surface area contributed by atoms with Crippen molar-refractivity contribution in [3.8, 4) is 10.6 Å². The van der Waals surface area contributed by atoms with Crippen LogP contribution >= 0.6 is 11.3 Å². The molecule has 0 bridgehead atoms. The van der Waals surface area contributed by atoms with Gasteiger partial charge in [-0.15, -0.1) is 11.3 Å². The third kappa shape index (κ3) is 4.84. The number of carbonyl (C=O) groups is 1. The SMILES string of the molecule is Cc1nc(C)c(-c2ccc(=O)n(CCNC(=O)C(c3ccccc3)c3ccccc3)n2)s1. The molecule has 2 heterocycles. The van der Waals surface area contributed by atoms with Gasteiger partial charge in [0.1, 0.15) is 5.69 Å². The minimum atomic E-state index is -0.420. The number of nitrogens with one attached hydrogen (secondary N) is 1.